The van der Waals surface area contributed by atoms with Crippen LogP contribution in [0.5, 0.6) is 17.2 Å². The van der Waals surface area contributed by atoms with Gasteiger partial charge < -0.3 is 29.4 Å². The zero-order valence-electron chi connectivity index (χ0n) is 28.9. The third-order valence-electron chi connectivity index (χ3n) is 11.7. The molecule has 262 valence electrons. The number of ether oxygens (including phenoxy) is 4. The van der Waals surface area contributed by atoms with E-state index >= 15 is 0 Å². The average molecular weight is 689 g/mol. The summed E-state index contributed by atoms with van der Waals surface area (Å²) in [6, 6.07) is 13.9. The number of carbonyl (C=O) groups excluding carboxylic acids is 1. The lowest BCUT2D eigenvalue weighted by Crippen LogP contribution is -2.53. The first kappa shape index (κ1) is 34.0. The Hall–Kier alpha value is -3.49. The van der Waals surface area contributed by atoms with E-state index < -0.39 is 5.54 Å². The van der Waals surface area contributed by atoms with Gasteiger partial charge in [-0.05, 0) is 128 Å². The molecule has 1 aliphatic heterocycles. The van der Waals surface area contributed by atoms with Crippen LogP contribution in [0.2, 0.25) is 5.02 Å². The van der Waals surface area contributed by atoms with Crippen LogP contribution >= 0.6 is 11.6 Å². The number of anilines is 1. The smallest absolute Gasteiger partial charge is 0.331 e. The number of nitrogens with one attached hydrogen (secondary N) is 1. The van der Waals surface area contributed by atoms with Gasteiger partial charge in [-0.15, -0.1) is 0 Å². The van der Waals surface area contributed by atoms with Gasteiger partial charge >= 0.3 is 5.97 Å². The zero-order valence-corrected chi connectivity index (χ0v) is 29.7. The Morgan fingerprint density at radius 1 is 1.14 bits per heavy atom. The van der Waals surface area contributed by atoms with Crippen molar-refractivity contribution in [1.82, 2.24) is 4.98 Å². The molecule has 0 bridgehead atoms. The Labute approximate surface area is 294 Å². The number of pyridine rings is 1. The lowest BCUT2D eigenvalue weighted by atomic mass is 9.59. The van der Waals surface area contributed by atoms with Crippen molar-refractivity contribution in [3.63, 3.8) is 0 Å². The molecular formula is C40H49ClN2O6. The number of aliphatic hydroxyl groups excluding tert-OH is 1. The Balaban J connectivity index is 1.17. The monoisotopic (exact) mass is 688 g/mol. The molecule has 0 unspecified atom stereocenters. The summed E-state index contributed by atoms with van der Waals surface area (Å²) in [6.07, 6.45) is 10.3. The number of aryl methyl sites for hydroxylation is 1. The van der Waals surface area contributed by atoms with Gasteiger partial charge in [-0.25, -0.2) is 4.79 Å². The molecule has 4 atom stereocenters. The molecule has 0 radical (unpaired) electrons. The van der Waals surface area contributed by atoms with Crippen molar-refractivity contribution in [2.24, 2.45) is 11.8 Å². The Morgan fingerprint density at radius 3 is 2.76 bits per heavy atom. The largest absolute Gasteiger partial charge is 0.493 e. The molecule has 2 heterocycles. The molecule has 7 rings (SSSR count). The fourth-order valence-corrected chi connectivity index (χ4v) is 9.36. The van der Waals surface area contributed by atoms with Crippen molar-refractivity contribution in [1.29, 1.82) is 0 Å². The van der Waals surface area contributed by atoms with Crippen molar-refractivity contribution in [2.45, 2.75) is 101 Å². The summed E-state index contributed by atoms with van der Waals surface area (Å²) in [6.45, 7) is 5.67. The minimum absolute atomic E-state index is 0.0541. The number of fused-ring (bicyclic) bond motifs is 4. The summed E-state index contributed by atoms with van der Waals surface area (Å²) < 4.78 is 24.5. The molecule has 3 aromatic rings. The second-order valence-corrected chi connectivity index (χ2v) is 15.3. The van der Waals surface area contributed by atoms with E-state index in [0.717, 1.165) is 49.3 Å². The van der Waals surface area contributed by atoms with Crippen molar-refractivity contribution in [3.05, 3.63) is 76.1 Å². The van der Waals surface area contributed by atoms with E-state index in [2.05, 4.69) is 36.3 Å². The molecule has 1 fully saturated rings. The lowest BCUT2D eigenvalue weighted by molar-refractivity contribution is -0.148. The molecule has 1 spiro atoms. The van der Waals surface area contributed by atoms with Crippen molar-refractivity contribution >= 4 is 23.3 Å². The molecule has 0 saturated heterocycles. The van der Waals surface area contributed by atoms with E-state index in [9.17, 15) is 9.90 Å². The number of nitrogens with zero attached hydrogens (tertiary/aromatic N) is 1. The maximum Gasteiger partial charge on any atom is 0.331 e. The van der Waals surface area contributed by atoms with E-state index in [-0.39, 0.29) is 24.1 Å². The summed E-state index contributed by atoms with van der Waals surface area (Å²) in [5.74, 6) is 3.28. The SMILES string of the molecule is COC(=O)[C@]1(Nc2cccc(Cl)c2)CC[C@@]2(CC1)c1cc3c(cc1C[C@@H]2C[C@@H](C)COc1ccnc2c1[C@H](C)CCC2)OCC[C@@H](CO)O3. The minimum Gasteiger partial charge on any atom is -0.493 e. The highest BCUT2D eigenvalue weighted by molar-refractivity contribution is 6.30. The third kappa shape index (κ3) is 6.59. The van der Waals surface area contributed by atoms with Crippen LogP contribution < -0.4 is 19.5 Å². The molecule has 3 aliphatic carbocycles. The van der Waals surface area contributed by atoms with Crippen LogP contribution in [0.4, 0.5) is 5.69 Å². The van der Waals surface area contributed by atoms with Crippen LogP contribution in [0.15, 0.2) is 48.7 Å². The molecule has 8 nitrogen and oxygen atoms in total. The first-order chi connectivity index (χ1) is 23.7. The van der Waals surface area contributed by atoms with Crippen LogP contribution in [0, 0.1) is 11.8 Å². The molecule has 4 aliphatic rings. The molecule has 2 N–H and O–H groups in total. The summed E-state index contributed by atoms with van der Waals surface area (Å²) in [7, 11) is 1.47. The first-order valence-electron chi connectivity index (χ1n) is 18.0. The van der Waals surface area contributed by atoms with Crippen LogP contribution in [-0.2, 0) is 27.8 Å². The van der Waals surface area contributed by atoms with Gasteiger partial charge in [-0.1, -0.05) is 31.5 Å². The quantitative estimate of drug-likeness (QED) is 0.220. The summed E-state index contributed by atoms with van der Waals surface area (Å²) in [4.78, 5) is 18.2. The minimum atomic E-state index is -0.864. The predicted molar refractivity (Wildman–Crippen MR) is 190 cm³/mol. The number of hydrogen-bond donors (Lipinski definition) is 2. The molecule has 2 aromatic carbocycles. The highest BCUT2D eigenvalue weighted by atomic mass is 35.5. The second kappa shape index (κ2) is 14.0. The van der Waals surface area contributed by atoms with Crippen LogP contribution in [0.3, 0.4) is 0 Å². The molecule has 0 amide bonds. The third-order valence-corrected chi connectivity index (χ3v) is 12.0. The van der Waals surface area contributed by atoms with Gasteiger partial charge in [0.2, 0.25) is 0 Å². The number of esters is 1. The van der Waals surface area contributed by atoms with Gasteiger partial charge in [0, 0.05) is 34.6 Å². The fraction of sp³-hybridized carbons (Fsp3) is 0.550. The van der Waals surface area contributed by atoms with Crippen molar-refractivity contribution in [2.75, 3.05) is 32.2 Å². The van der Waals surface area contributed by atoms with Gasteiger partial charge in [-0.3, -0.25) is 4.98 Å². The maximum absolute atomic E-state index is 13.5. The first-order valence-corrected chi connectivity index (χ1v) is 18.4. The molecule has 9 heteroatoms. The highest BCUT2D eigenvalue weighted by Gasteiger charge is 2.55. The average Bonchev–Trinajstić information content (AvgIpc) is 3.23. The molecule has 1 saturated carbocycles. The number of rotatable bonds is 9. The van der Waals surface area contributed by atoms with Crippen LogP contribution in [0.25, 0.3) is 0 Å². The van der Waals surface area contributed by atoms with E-state index in [0.29, 0.717) is 61.0 Å². The van der Waals surface area contributed by atoms with Gasteiger partial charge in [0.25, 0.3) is 0 Å². The normalized spacial score (nSPS) is 27.8. The number of aromatic nitrogens is 1. The fourth-order valence-electron chi connectivity index (χ4n) is 9.17. The number of methoxy groups -OCH3 is 1. The van der Waals surface area contributed by atoms with Gasteiger partial charge in [0.15, 0.2) is 11.5 Å². The summed E-state index contributed by atoms with van der Waals surface area (Å²) in [5.41, 5.74) is 4.81. The van der Waals surface area contributed by atoms with E-state index in [1.54, 1.807) is 0 Å². The Kier molecular flexibility index (Phi) is 9.73. The topological polar surface area (TPSA) is 99.1 Å². The standard InChI is InChI=1S/C40H49ClN2O6/c1-25(24-48-34-10-16-42-33-9-4-6-26(2)37(33)34)18-28-19-27-20-35-36(49-31(23-44)11-17-47-35)22-32(27)39(28)12-14-40(15-13-39,38(45)46-3)43-30-8-5-7-29(41)21-30/h5,7-8,10,16,20-22,25-26,28,31,43-44H,4,6,9,11-15,17-19,23-24H2,1-3H3/t25-,26-,28+,31+,39-,40-/m1/s1. The van der Waals surface area contributed by atoms with Gasteiger partial charge in [0.1, 0.15) is 17.4 Å². The molecule has 1 aromatic heterocycles. The van der Waals surface area contributed by atoms with Crippen molar-refractivity contribution < 1.29 is 28.8 Å². The number of halogens is 1. The highest BCUT2D eigenvalue weighted by Crippen LogP contribution is 2.58. The molecular weight excluding hydrogens is 640 g/mol. The number of carbonyl (C=O) groups is 1. The van der Waals surface area contributed by atoms with Crippen LogP contribution in [-0.4, -0.2) is 54.6 Å². The lowest BCUT2D eigenvalue weighted by Gasteiger charge is -2.47. The number of benzene rings is 2. The summed E-state index contributed by atoms with van der Waals surface area (Å²) >= 11 is 6.33. The van der Waals surface area contributed by atoms with E-state index in [1.165, 1.54) is 42.3 Å². The Bertz CT molecular complexity index is 1670. The Morgan fingerprint density at radius 2 is 1.98 bits per heavy atom. The molecule has 49 heavy (non-hydrogen) atoms. The van der Waals surface area contributed by atoms with E-state index in [1.807, 2.05) is 36.5 Å². The van der Waals surface area contributed by atoms with Crippen molar-refractivity contribution in [3.8, 4) is 17.2 Å². The van der Waals surface area contributed by atoms with E-state index in [4.69, 9.17) is 30.5 Å². The summed E-state index contributed by atoms with van der Waals surface area (Å²) in [5, 5.41) is 14.1. The van der Waals surface area contributed by atoms with Gasteiger partial charge in [0.05, 0.1) is 26.9 Å². The van der Waals surface area contributed by atoms with Gasteiger partial charge in [-0.2, -0.15) is 0 Å². The van der Waals surface area contributed by atoms with Crippen LogP contribution in [0.1, 0.15) is 93.5 Å². The second-order valence-electron chi connectivity index (χ2n) is 14.9. The number of hydrogen-bond acceptors (Lipinski definition) is 8. The zero-order chi connectivity index (χ0) is 34.2. The number of aliphatic hydroxyl groups is 1. The predicted octanol–water partition coefficient (Wildman–Crippen LogP) is 7.81. The maximum atomic E-state index is 13.5.